The number of carbonyl (C=O) groups excluding carboxylic acids is 1. The van der Waals surface area contributed by atoms with Crippen LogP contribution in [0.15, 0.2) is 66.7 Å². The van der Waals surface area contributed by atoms with E-state index in [4.69, 9.17) is 11.6 Å². The molecule has 3 aromatic rings. The molecule has 7 nitrogen and oxygen atoms in total. The van der Waals surface area contributed by atoms with Gasteiger partial charge in [-0.05, 0) is 50.0 Å². The van der Waals surface area contributed by atoms with Crippen LogP contribution in [0.5, 0.6) is 0 Å². The molecule has 0 bridgehead atoms. The molecule has 0 atom stereocenters. The number of nitrogens with one attached hydrogen (secondary N) is 2. The molecule has 0 spiro atoms. The number of hydrogen-bond acceptors (Lipinski definition) is 5. The van der Waals surface area contributed by atoms with Gasteiger partial charge in [-0.3, -0.25) is 14.9 Å². The predicted octanol–water partition coefficient (Wildman–Crippen LogP) is 5.24. The van der Waals surface area contributed by atoms with Crippen LogP contribution in [0.2, 0.25) is 5.02 Å². The fourth-order valence-corrected chi connectivity index (χ4v) is 3.83. The maximum atomic E-state index is 13.0. The summed E-state index contributed by atoms with van der Waals surface area (Å²) in [5.41, 5.74) is 4.37. The number of amides is 1. The van der Waals surface area contributed by atoms with E-state index >= 15 is 0 Å². The molecule has 0 fully saturated rings. The molecule has 1 amide bonds. The Morgan fingerprint density at radius 3 is 2.50 bits per heavy atom. The van der Waals surface area contributed by atoms with Crippen molar-refractivity contribution in [3.8, 4) is 0 Å². The zero-order chi connectivity index (χ0) is 22.8. The Morgan fingerprint density at radius 1 is 1.09 bits per heavy atom. The molecule has 0 unspecified atom stereocenters. The second-order valence-corrected chi connectivity index (χ2v) is 8.20. The molecular weight excluding hydrogens is 428 g/mol. The van der Waals surface area contributed by atoms with Gasteiger partial charge in [0, 0.05) is 46.2 Å². The number of nitrogens with zero attached hydrogens (tertiary/aromatic N) is 2. The van der Waals surface area contributed by atoms with E-state index in [-0.39, 0.29) is 11.6 Å². The highest BCUT2D eigenvalue weighted by Gasteiger charge is 2.30. The summed E-state index contributed by atoms with van der Waals surface area (Å²) in [6.07, 6.45) is 0. The minimum absolute atomic E-state index is 0.0868. The molecule has 32 heavy (non-hydrogen) atoms. The third kappa shape index (κ3) is 4.49. The molecule has 0 radical (unpaired) electrons. The number of hydrogen-bond donors (Lipinski definition) is 2. The van der Waals surface area contributed by atoms with E-state index < -0.39 is 4.92 Å². The van der Waals surface area contributed by atoms with Crippen LogP contribution in [-0.2, 0) is 11.3 Å². The zero-order valence-electron chi connectivity index (χ0n) is 17.6. The summed E-state index contributed by atoms with van der Waals surface area (Å²) in [5, 5.41) is 18.0. The Bertz CT molecular complexity index is 1240. The largest absolute Gasteiger partial charge is 0.354 e. The summed E-state index contributed by atoms with van der Waals surface area (Å²) in [7, 11) is 4.01. The lowest BCUT2D eigenvalue weighted by molar-refractivity contribution is -0.384. The van der Waals surface area contributed by atoms with Crippen LogP contribution in [-0.4, -0.2) is 29.8 Å². The SMILES string of the molecule is CN(C)Cc1ccc(NC(=C2C(=O)Nc3ccc([N+](=O)[O-])cc32)c2cccc(Cl)c2)cc1. The van der Waals surface area contributed by atoms with E-state index in [0.29, 0.717) is 33.1 Å². The number of fused-ring (bicyclic) bond motifs is 1. The van der Waals surface area contributed by atoms with Crippen molar-refractivity contribution in [1.82, 2.24) is 4.90 Å². The maximum Gasteiger partial charge on any atom is 0.270 e. The normalized spacial score (nSPS) is 14.2. The number of non-ortho nitro benzene ring substituents is 1. The zero-order valence-corrected chi connectivity index (χ0v) is 18.3. The molecule has 0 aromatic heterocycles. The van der Waals surface area contributed by atoms with Crippen LogP contribution >= 0.6 is 11.6 Å². The maximum absolute atomic E-state index is 13.0. The van der Waals surface area contributed by atoms with Gasteiger partial charge >= 0.3 is 0 Å². The van der Waals surface area contributed by atoms with Crippen molar-refractivity contribution in [1.29, 1.82) is 0 Å². The molecule has 8 heteroatoms. The monoisotopic (exact) mass is 448 g/mol. The number of rotatable bonds is 6. The first kappa shape index (κ1) is 21.5. The summed E-state index contributed by atoms with van der Waals surface area (Å²) in [6, 6.07) is 19.3. The summed E-state index contributed by atoms with van der Waals surface area (Å²) in [5.74, 6) is -0.341. The molecule has 162 valence electrons. The third-order valence-corrected chi connectivity index (χ3v) is 5.28. The summed E-state index contributed by atoms with van der Waals surface area (Å²) in [4.78, 5) is 25.9. The number of carbonyl (C=O) groups is 1. The number of halogens is 1. The highest BCUT2D eigenvalue weighted by Crippen LogP contribution is 2.39. The Balaban J connectivity index is 1.84. The Kier molecular flexibility index (Phi) is 5.94. The fourth-order valence-electron chi connectivity index (χ4n) is 3.64. The van der Waals surface area contributed by atoms with Crippen LogP contribution in [0.1, 0.15) is 16.7 Å². The molecule has 1 heterocycles. The summed E-state index contributed by atoms with van der Waals surface area (Å²) in [6.45, 7) is 0.808. The Hall–Kier alpha value is -3.68. The van der Waals surface area contributed by atoms with Crippen molar-refractivity contribution in [2.24, 2.45) is 0 Å². The second-order valence-electron chi connectivity index (χ2n) is 7.76. The average molecular weight is 449 g/mol. The first-order chi connectivity index (χ1) is 15.3. The number of nitro benzene ring substituents is 1. The fraction of sp³-hybridized carbons (Fsp3) is 0.125. The molecular formula is C24H21ClN4O3. The summed E-state index contributed by atoms with van der Waals surface area (Å²) < 4.78 is 0. The van der Waals surface area contributed by atoms with E-state index in [9.17, 15) is 14.9 Å². The molecule has 0 saturated heterocycles. The van der Waals surface area contributed by atoms with Gasteiger partial charge in [-0.1, -0.05) is 35.9 Å². The lowest BCUT2D eigenvalue weighted by Gasteiger charge is -2.16. The minimum Gasteiger partial charge on any atom is -0.354 e. The number of nitro groups is 1. The molecule has 0 saturated carbocycles. The van der Waals surface area contributed by atoms with Crippen molar-refractivity contribution in [2.75, 3.05) is 24.7 Å². The van der Waals surface area contributed by atoms with Gasteiger partial charge in [0.05, 0.1) is 16.2 Å². The average Bonchev–Trinajstić information content (AvgIpc) is 3.07. The lowest BCUT2D eigenvalue weighted by atomic mass is 9.99. The van der Waals surface area contributed by atoms with E-state index in [2.05, 4.69) is 15.5 Å². The molecule has 4 rings (SSSR count). The van der Waals surface area contributed by atoms with Crippen molar-refractivity contribution < 1.29 is 9.72 Å². The predicted molar refractivity (Wildman–Crippen MR) is 127 cm³/mol. The van der Waals surface area contributed by atoms with E-state index in [1.54, 1.807) is 24.3 Å². The molecule has 1 aliphatic rings. The minimum atomic E-state index is -0.476. The second kappa shape index (κ2) is 8.82. The van der Waals surface area contributed by atoms with Crippen LogP contribution in [0.4, 0.5) is 17.1 Å². The van der Waals surface area contributed by atoms with Crippen molar-refractivity contribution in [3.63, 3.8) is 0 Å². The van der Waals surface area contributed by atoms with Gasteiger partial charge in [-0.2, -0.15) is 0 Å². The van der Waals surface area contributed by atoms with Gasteiger partial charge in [0.1, 0.15) is 0 Å². The van der Waals surface area contributed by atoms with Gasteiger partial charge in [-0.15, -0.1) is 0 Å². The van der Waals surface area contributed by atoms with Crippen LogP contribution in [0, 0.1) is 10.1 Å². The van der Waals surface area contributed by atoms with Crippen LogP contribution in [0.3, 0.4) is 0 Å². The molecule has 2 N–H and O–H groups in total. The van der Waals surface area contributed by atoms with Gasteiger partial charge in [0.2, 0.25) is 0 Å². The summed E-state index contributed by atoms with van der Waals surface area (Å²) >= 11 is 6.23. The van der Waals surface area contributed by atoms with Gasteiger partial charge in [-0.25, -0.2) is 0 Å². The van der Waals surface area contributed by atoms with Crippen molar-refractivity contribution >= 4 is 45.8 Å². The first-order valence-electron chi connectivity index (χ1n) is 9.93. The number of benzene rings is 3. The third-order valence-electron chi connectivity index (χ3n) is 5.04. The van der Waals surface area contributed by atoms with Gasteiger partial charge in [0.15, 0.2) is 0 Å². The van der Waals surface area contributed by atoms with Crippen molar-refractivity contribution in [2.45, 2.75) is 6.54 Å². The lowest BCUT2D eigenvalue weighted by Crippen LogP contribution is -2.11. The van der Waals surface area contributed by atoms with Gasteiger partial charge < -0.3 is 15.5 Å². The smallest absolute Gasteiger partial charge is 0.270 e. The highest BCUT2D eigenvalue weighted by atomic mass is 35.5. The molecule has 1 aliphatic heterocycles. The Morgan fingerprint density at radius 2 is 1.84 bits per heavy atom. The quantitative estimate of drug-likeness (QED) is 0.306. The van der Waals surface area contributed by atoms with Crippen molar-refractivity contribution in [3.05, 3.63) is 98.6 Å². The van der Waals surface area contributed by atoms with E-state index in [1.807, 2.05) is 44.4 Å². The highest BCUT2D eigenvalue weighted by molar-refractivity contribution is 6.38. The Labute approximate surface area is 190 Å². The number of anilines is 2. The van der Waals surface area contributed by atoms with Crippen LogP contribution in [0.25, 0.3) is 11.3 Å². The topological polar surface area (TPSA) is 87.5 Å². The van der Waals surface area contributed by atoms with Gasteiger partial charge in [0.25, 0.3) is 11.6 Å². The van der Waals surface area contributed by atoms with E-state index in [1.165, 1.54) is 12.1 Å². The standard InChI is InChI=1S/C24H21ClN4O3/c1-28(2)14-15-6-8-18(9-7-15)26-23(16-4-3-5-17(25)12-16)22-20-13-19(29(31)32)10-11-21(20)27-24(22)30/h3-13,26H,14H2,1-2H3,(H,27,30). The van der Waals surface area contributed by atoms with Crippen LogP contribution < -0.4 is 10.6 Å². The van der Waals surface area contributed by atoms with E-state index in [0.717, 1.165) is 17.8 Å². The molecule has 3 aromatic carbocycles. The molecule has 0 aliphatic carbocycles. The first-order valence-corrected chi connectivity index (χ1v) is 10.3.